The van der Waals surface area contributed by atoms with Crippen LogP contribution in [0.5, 0.6) is 5.75 Å². The second kappa shape index (κ2) is 7.17. The molecule has 5 heteroatoms. The number of hydrogen-bond donors (Lipinski definition) is 1. The van der Waals surface area contributed by atoms with E-state index in [0.29, 0.717) is 22.3 Å². The second-order valence-corrected chi connectivity index (χ2v) is 4.97. The molecule has 0 spiro atoms. The third-order valence-electron chi connectivity index (χ3n) is 2.59. The van der Waals surface area contributed by atoms with Gasteiger partial charge in [0.1, 0.15) is 5.75 Å². The number of rotatable bonds is 5. The van der Waals surface area contributed by atoms with E-state index in [9.17, 15) is 4.79 Å². The van der Waals surface area contributed by atoms with Crippen molar-refractivity contribution in [3.05, 3.63) is 64.1 Å². The van der Waals surface area contributed by atoms with E-state index < -0.39 is 0 Å². The van der Waals surface area contributed by atoms with Gasteiger partial charge in [-0.05, 0) is 23.8 Å². The molecule has 0 fully saturated rings. The lowest BCUT2D eigenvalue weighted by Crippen LogP contribution is -2.28. The van der Waals surface area contributed by atoms with Crippen LogP contribution in [-0.4, -0.2) is 12.5 Å². The minimum absolute atomic E-state index is 0.0891. The highest BCUT2D eigenvalue weighted by Crippen LogP contribution is 2.27. The number of carbonyl (C=O) groups excluding carboxylic acids is 1. The Morgan fingerprint density at radius 1 is 1.10 bits per heavy atom. The summed E-state index contributed by atoms with van der Waals surface area (Å²) in [6, 6.07) is 14.5. The molecule has 3 nitrogen and oxygen atoms in total. The van der Waals surface area contributed by atoms with Crippen LogP contribution in [0.2, 0.25) is 10.0 Å². The van der Waals surface area contributed by atoms with Crippen LogP contribution in [0.1, 0.15) is 5.56 Å². The Balaban J connectivity index is 1.80. The Hall–Kier alpha value is -1.71. The van der Waals surface area contributed by atoms with Gasteiger partial charge in [-0.25, -0.2) is 0 Å². The second-order valence-electron chi connectivity index (χ2n) is 4.13. The quantitative estimate of drug-likeness (QED) is 0.914. The van der Waals surface area contributed by atoms with Crippen LogP contribution in [0.25, 0.3) is 0 Å². The molecule has 0 aromatic heterocycles. The zero-order chi connectivity index (χ0) is 14.4. The number of nitrogens with one attached hydrogen (secondary N) is 1. The number of halogens is 2. The molecule has 0 saturated heterocycles. The first-order chi connectivity index (χ1) is 9.65. The van der Waals surface area contributed by atoms with Gasteiger partial charge in [0.15, 0.2) is 6.61 Å². The van der Waals surface area contributed by atoms with E-state index in [-0.39, 0.29) is 12.5 Å². The summed E-state index contributed by atoms with van der Waals surface area (Å²) < 4.78 is 5.34. The first-order valence-electron chi connectivity index (χ1n) is 6.03. The van der Waals surface area contributed by atoms with E-state index in [1.165, 1.54) is 0 Å². The van der Waals surface area contributed by atoms with Crippen LogP contribution in [0, 0.1) is 0 Å². The topological polar surface area (TPSA) is 38.3 Å². The van der Waals surface area contributed by atoms with Crippen molar-refractivity contribution in [2.45, 2.75) is 6.54 Å². The lowest BCUT2D eigenvalue weighted by atomic mass is 10.2. The normalized spacial score (nSPS) is 10.1. The predicted molar refractivity (Wildman–Crippen MR) is 80.2 cm³/mol. The number of benzene rings is 2. The van der Waals surface area contributed by atoms with Gasteiger partial charge in [-0.1, -0.05) is 53.5 Å². The van der Waals surface area contributed by atoms with E-state index in [1.54, 1.807) is 18.2 Å². The van der Waals surface area contributed by atoms with E-state index in [2.05, 4.69) is 5.32 Å². The third-order valence-corrected chi connectivity index (χ3v) is 3.12. The van der Waals surface area contributed by atoms with Gasteiger partial charge < -0.3 is 10.1 Å². The average Bonchev–Trinajstić information content (AvgIpc) is 2.45. The molecule has 1 N–H and O–H groups in total. The fourth-order valence-corrected chi connectivity index (χ4v) is 2.05. The summed E-state index contributed by atoms with van der Waals surface area (Å²) in [6.07, 6.45) is 0. The minimum atomic E-state index is -0.208. The standard InChI is InChI=1S/C15H13Cl2NO2/c16-12-6-7-14(13(17)8-12)20-10-15(19)18-9-11-4-2-1-3-5-11/h1-8H,9-10H2,(H,18,19). The smallest absolute Gasteiger partial charge is 0.258 e. The summed E-state index contributed by atoms with van der Waals surface area (Å²) >= 11 is 11.7. The van der Waals surface area contributed by atoms with E-state index in [0.717, 1.165) is 5.56 Å². The zero-order valence-electron chi connectivity index (χ0n) is 10.6. The van der Waals surface area contributed by atoms with Crippen molar-refractivity contribution in [1.29, 1.82) is 0 Å². The Morgan fingerprint density at radius 2 is 1.85 bits per heavy atom. The van der Waals surface area contributed by atoms with Crippen molar-refractivity contribution >= 4 is 29.1 Å². The maximum absolute atomic E-state index is 11.7. The highest BCUT2D eigenvalue weighted by molar-refractivity contribution is 6.35. The Morgan fingerprint density at radius 3 is 2.55 bits per heavy atom. The molecule has 0 aliphatic heterocycles. The van der Waals surface area contributed by atoms with Crippen molar-refractivity contribution in [3.63, 3.8) is 0 Å². The summed E-state index contributed by atoms with van der Waals surface area (Å²) in [4.78, 5) is 11.7. The number of carbonyl (C=O) groups is 1. The molecule has 1 amide bonds. The Bertz CT molecular complexity index is 588. The van der Waals surface area contributed by atoms with Gasteiger partial charge in [0.2, 0.25) is 0 Å². The van der Waals surface area contributed by atoms with Crippen LogP contribution >= 0.6 is 23.2 Å². The SMILES string of the molecule is O=C(COc1ccc(Cl)cc1Cl)NCc1ccccc1. The molecule has 0 bridgehead atoms. The Labute approximate surface area is 127 Å². The molecule has 2 aromatic carbocycles. The van der Waals surface area contributed by atoms with Crippen molar-refractivity contribution in [1.82, 2.24) is 5.32 Å². The van der Waals surface area contributed by atoms with Crippen LogP contribution in [0.15, 0.2) is 48.5 Å². The fraction of sp³-hybridized carbons (Fsp3) is 0.133. The van der Waals surface area contributed by atoms with Crippen molar-refractivity contribution < 1.29 is 9.53 Å². The van der Waals surface area contributed by atoms with E-state index in [1.807, 2.05) is 30.3 Å². The van der Waals surface area contributed by atoms with Gasteiger partial charge in [-0.3, -0.25) is 4.79 Å². The van der Waals surface area contributed by atoms with Crippen molar-refractivity contribution in [3.8, 4) is 5.75 Å². The van der Waals surface area contributed by atoms with Crippen LogP contribution in [0.3, 0.4) is 0 Å². The van der Waals surface area contributed by atoms with Crippen LogP contribution in [-0.2, 0) is 11.3 Å². The number of ether oxygens (including phenoxy) is 1. The van der Waals surface area contributed by atoms with E-state index in [4.69, 9.17) is 27.9 Å². The summed E-state index contributed by atoms with van der Waals surface area (Å²) in [7, 11) is 0. The lowest BCUT2D eigenvalue weighted by Gasteiger charge is -2.09. The lowest BCUT2D eigenvalue weighted by molar-refractivity contribution is -0.123. The molecule has 0 aliphatic carbocycles. The molecule has 0 aliphatic rings. The van der Waals surface area contributed by atoms with Crippen LogP contribution in [0.4, 0.5) is 0 Å². The average molecular weight is 310 g/mol. The molecular weight excluding hydrogens is 297 g/mol. The summed E-state index contributed by atoms with van der Waals surface area (Å²) in [5.74, 6) is 0.228. The Kier molecular flexibility index (Phi) is 5.27. The summed E-state index contributed by atoms with van der Waals surface area (Å²) in [5, 5.41) is 3.67. The number of amides is 1. The largest absolute Gasteiger partial charge is 0.482 e. The van der Waals surface area contributed by atoms with Gasteiger partial charge in [-0.15, -0.1) is 0 Å². The van der Waals surface area contributed by atoms with Gasteiger partial charge in [0.05, 0.1) is 5.02 Å². The molecule has 2 rings (SSSR count). The monoisotopic (exact) mass is 309 g/mol. The summed E-state index contributed by atoms with van der Waals surface area (Å²) in [5.41, 5.74) is 1.03. The van der Waals surface area contributed by atoms with E-state index >= 15 is 0 Å². The summed E-state index contributed by atoms with van der Waals surface area (Å²) in [6.45, 7) is 0.381. The maximum Gasteiger partial charge on any atom is 0.258 e. The fourth-order valence-electron chi connectivity index (χ4n) is 1.58. The first kappa shape index (κ1) is 14.7. The van der Waals surface area contributed by atoms with Gasteiger partial charge in [0.25, 0.3) is 5.91 Å². The first-order valence-corrected chi connectivity index (χ1v) is 6.79. The third kappa shape index (κ3) is 4.44. The van der Waals surface area contributed by atoms with Crippen molar-refractivity contribution in [2.24, 2.45) is 0 Å². The molecule has 20 heavy (non-hydrogen) atoms. The van der Waals surface area contributed by atoms with Crippen LogP contribution < -0.4 is 10.1 Å². The van der Waals surface area contributed by atoms with Gasteiger partial charge in [-0.2, -0.15) is 0 Å². The molecule has 0 atom stereocenters. The highest BCUT2D eigenvalue weighted by atomic mass is 35.5. The predicted octanol–water partition coefficient (Wildman–Crippen LogP) is 3.69. The molecule has 0 saturated carbocycles. The molecule has 0 unspecified atom stereocenters. The number of hydrogen-bond acceptors (Lipinski definition) is 2. The molecule has 2 aromatic rings. The van der Waals surface area contributed by atoms with Gasteiger partial charge >= 0.3 is 0 Å². The molecule has 104 valence electrons. The molecule has 0 radical (unpaired) electrons. The van der Waals surface area contributed by atoms with Crippen molar-refractivity contribution in [2.75, 3.05) is 6.61 Å². The molecular formula is C15H13Cl2NO2. The highest BCUT2D eigenvalue weighted by Gasteiger charge is 2.06. The molecule has 0 heterocycles. The van der Waals surface area contributed by atoms with Gasteiger partial charge in [0, 0.05) is 11.6 Å². The minimum Gasteiger partial charge on any atom is -0.482 e. The maximum atomic E-state index is 11.7. The zero-order valence-corrected chi connectivity index (χ0v) is 12.1.